The number of para-hydroxylation sites is 1. The van der Waals surface area contributed by atoms with Crippen molar-refractivity contribution >= 4 is 5.96 Å². The second-order valence-electron chi connectivity index (χ2n) is 3.37. The first-order valence-electron chi connectivity index (χ1n) is 4.90. The van der Waals surface area contributed by atoms with Crippen molar-refractivity contribution in [1.29, 1.82) is 0 Å². The van der Waals surface area contributed by atoms with Crippen LogP contribution < -0.4 is 11.5 Å². The molecule has 0 saturated carbocycles. The third-order valence-corrected chi connectivity index (χ3v) is 2.10. The van der Waals surface area contributed by atoms with E-state index in [1.54, 1.807) is 10.9 Å². The number of hydrogen-bond donors (Lipinski definition) is 2. The first-order chi connectivity index (χ1) is 7.75. The minimum Gasteiger partial charge on any atom is -0.370 e. The Balaban J connectivity index is 2.17. The summed E-state index contributed by atoms with van der Waals surface area (Å²) in [4.78, 5) is 3.92. The Hall–Kier alpha value is -2.30. The van der Waals surface area contributed by atoms with Crippen molar-refractivity contribution in [3.8, 4) is 5.69 Å². The van der Waals surface area contributed by atoms with E-state index in [0.29, 0.717) is 6.54 Å². The predicted molar refractivity (Wildman–Crippen MR) is 63.1 cm³/mol. The third-order valence-electron chi connectivity index (χ3n) is 2.10. The molecule has 0 atom stereocenters. The smallest absolute Gasteiger partial charge is 0.186 e. The van der Waals surface area contributed by atoms with E-state index < -0.39 is 0 Å². The molecule has 0 aliphatic carbocycles. The molecule has 0 spiro atoms. The van der Waals surface area contributed by atoms with Gasteiger partial charge in [0.15, 0.2) is 5.96 Å². The van der Waals surface area contributed by atoms with Crippen LogP contribution in [0.5, 0.6) is 0 Å². The summed E-state index contributed by atoms with van der Waals surface area (Å²) in [5.41, 5.74) is 12.5. The quantitative estimate of drug-likeness (QED) is 0.582. The van der Waals surface area contributed by atoms with E-state index >= 15 is 0 Å². The Morgan fingerprint density at radius 3 is 2.69 bits per heavy atom. The van der Waals surface area contributed by atoms with Crippen molar-refractivity contribution < 1.29 is 0 Å². The summed E-state index contributed by atoms with van der Waals surface area (Å²) in [6.07, 6.45) is 3.65. The maximum Gasteiger partial charge on any atom is 0.186 e. The van der Waals surface area contributed by atoms with Crippen LogP contribution >= 0.6 is 0 Å². The highest BCUT2D eigenvalue weighted by Crippen LogP contribution is 2.07. The van der Waals surface area contributed by atoms with E-state index in [9.17, 15) is 0 Å². The van der Waals surface area contributed by atoms with Crippen molar-refractivity contribution in [2.24, 2.45) is 16.5 Å². The van der Waals surface area contributed by atoms with E-state index in [1.165, 1.54) is 0 Å². The highest BCUT2D eigenvalue weighted by molar-refractivity contribution is 5.75. The molecule has 16 heavy (non-hydrogen) atoms. The molecular formula is C11H13N5. The third kappa shape index (κ3) is 2.38. The molecule has 0 unspecified atom stereocenters. The monoisotopic (exact) mass is 215 g/mol. The molecule has 4 N–H and O–H groups in total. The van der Waals surface area contributed by atoms with Crippen molar-refractivity contribution in [3.05, 3.63) is 48.3 Å². The summed E-state index contributed by atoms with van der Waals surface area (Å²) in [6.45, 7) is 0.454. The largest absolute Gasteiger partial charge is 0.370 e. The Morgan fingerprint density at radius 1 is 1.25 bits per heavy atom. The molecule has 2 rings (SSSR count). The van der Waals surface area contributed by atoms with Crippen molar-refractivity contribution in [1.82, 2.24) is 9.78 Å². The summed E-state index contributed by atoms with van der Waals surface area (Å²) in [6, 6.07) is 9.86. The second kappa shape index (κ2) is 4.48. The lowest BCUT2D eigenvalue weighted by molar-refractivity contribution is 0.879. The fourth-order valence-electron chi connectivity index (χ4n) is 1.35. The lowest BCUT2D eigenvalue weighted by Crippen LogP contribution is -2.22. The highest BCUT2D eigenvalue weighted by atomic mass is 15.3. The second-order valence-corrected chi connectivity index (χ2v) is 3.37. The van der Waals surface area contributed by atoms with Crippen molar-refractivity contribution in [3.63, 3.8) is 0 Å². The fraction of sp³-hybridized carbons (Fsp3) is 0.0909. The maximum atomic E-state index is 5.26. The fourth-order valence-corrected chi connectivity index (χ4v) is 1.35. The predicted octanol–water partition coefficient (Wildman–Crippen LogP) is 0.646. The van der Waals surface area contributed by atoms with Crippen LogP contribution in [0.4, 0.5) is 0 Å². The van der Waals surface area contributed by atoms with E-state index in [1.807, 2.05) is 36.5 Å². The van der Waals surface area contributed by atoms with Gasteiger partial charge in [0.05, 0.1) is 18.4 Å². The minimum atomic E-state index is 0.0902. The Labute approximate surface area is 93.4 Å². The normalized spacial score (nSPS) is 10.0. The molecule has 2 aromatic rings. The average molecular weight is 215 g/mol. The van der Waals surface area contributed by atoms with E-state index in [-0.39, 0.29) is 5.96 Å². The zero-order chi connectivity index (χ0) is 11.4. The van der Waals surface area contributed by atoms with Crippen LogP contribution in [-0.4, -0.2) is 15.7 Å². The van der Waals surface area contributed by atoms with Gasteiger partial charge in [-0.3, -0.25) is 0 Å². The number of hydrogen-bond acceptors (Lipinski definition) is 2. The van der Waals surface area contributed by atoms with Gasteiger partial charge in [0.1, 0.15) is 0 Å². The van der Waals surface area contributed by atoms with Gasteiger partial charge < -0.3 is 11.5 Å². The zero-order valence-corrected chi connectivity index (χ0v) is 8.74. The Bertz CT molecular complexity index is 482. The van der Waals surface area contributed by atoms with E-state index in [2.05, 4.69) is 10.1 Å². The van der Waals surface area contributed by atoms with Gasteiger partial charge in [-0.2, -0.15) is 5.10 Å². The summed E-state index contributed by atoms with van der Waals surface area (Å²) >= 11 is 0. The first kappa shape index (κ1) is 10.2. The van der Waals surface area contributed by atoms with Crippen LogP contribution in [0.15, 0.2) is 47.7 Å². The van der Waals surface area contributed by atoms with Gasteiger partial charge in [-0.15, -0.1) is 0 Å². The number of rotatable bonds is 3. The number of aromatic nitrogens is 2. The molecule has 0 bridgehead atoms. The van der Waals surface area contributed by atoms with Crippen molar-refractivity contribution in [2.75, 3.05) is 0 Å². The van der Waals surface area contributed by atoms with Gasteiger partial charge in [-0.25, -0.2) is 9.67 Å². The van der Waals surface area contributed by atoms with Gasteiger partial charge in [0, 0.05) is 11.8 Å². The van der Waals surface area contributed by atoms with Gasteiger partial charge in [-0.05, 0) is 12.1 Å². The molecule has 0 saturated heterocycles. The zero-order valence-electron chi connectivity index (χ0n) is 8.74. The minimum absolute atomic E-state index is 0.0902. The number of nitrogens with two attached hydrogens (primary N) is 2. The number of guanidine groups is 1. The molecule has 1 heterocycles. The summed E-state index contributed by atoms with van der Waals surface area (Å²) in [7, 11) is 0. The SMILES string of the molecule is NC(N)=NCc1cnn(-c2ccccc2)c1. The molecule has 5 nitrogen and oxygen atoms in total. The summed E-state index contributed by atoms with van der Waals surface area (Å²) in [5.74, 6) is 0.0902. The molecule has 5 heteroatoms. The number of aliphatic imine (C=N–C) groups is 1. The lowest BCUT2D eigenvalue weighted by Gasteiger charge is -1.98. The van der Waals surface area contributed by atoms with E-state index in [0.717, 1.165) is 11.3 Å². The highest BCUT2D eigenvalue weighted by Gasteiger charge is 1.99. The standard InChI is InChI=1S/C11H13N5/c12-11(13)14-6-9-7-15-16(8-9)10-4-2-1-3-5-10/h1-5,7-8H,6H2,(H4,12,13,14). The maximum absolute atomic E-state index is 5.26. The Morgan fingerprint density at radius 2 is 2.00 bits per heavy atom. The van der Waals surface area contributed by atoms with Crippen LogP contribution in [0.25, 0.3) is 5.69 Å². The molecular weight excluding hydrogens is 202 g/mol. The molecule has 1 aromatic carbocycles. The van der Waals surface area contributed by atoms with E-state index in [4.69, 9.17) is 11.5 Å². The van der Waals surface area contributed by atoms with Gasteiger partial charge in [-0.1, -0.05) is 18.2 Å². The van der Waals surface area contributed by atoms with Gasteiger partial charge in [0.25, 0.3) is 0 Å². The van der Waals surface area contributed by atoms with Crippen LogP contribution in [0.3, 0.4) is 0 Å². The van der Waals surface area contributed by atoms with Crippen LogP contribution in [0.1, 0.15) is 5.56 Å². The van der Waals surface area contributed by atoms with Crippen LogP contribution in [0.2, 0.25) is 0 Å². The lowest BCUT2D eigenvalue weighted by atomic mass is 10.3. The topological polar surface area (TPSA) is 82.2 Å². The molecule has 0 aliphatic heterocycles. The molecule has 1 aromatic heterocycles. The van der Waals surface area contributed by atoms with Crippen LogP contribution in [-0.2, 0) is 6.54 Å². The first-order valence-corrected chi connectivity index (χ1v) is 4.90. The van der Waals surface area contributed by atoms with Crippen LogP contribution in [0, 0.1) is 0 Å². The number of benzene rings is 1. The molecule has 0 amide bonds. The summed E-state index contributed by atoms with van der Waals surface area (Å²) in [5, 5.41) is 4.23. The number of nitrogens with zero attached hydrogens (tertiary/aromatic N) is 3. The molecule has 82 valence electrons. The molecule has 0 radical (unpaired) electrons. The molecule has 0 fully saturated rings. The van der Waals surface area contributed by atoms with Gasteiger partial charge >= 0.3 is 0 Å². The van der Waals surface area contributed by atoms with Crippen molar-refractivity contribution in [2.45, 2.75) is 6.54 Å². The Kier molecular flexibility index (Phi) is 2.86. The summed E-state index contributed by atoms with van der Waals surface area (Å²) < 4.78 is 1.79. The van der Waals surface area contributed by atoms with Gasteiger partial charge in [0.2, 0.25) is 0 Å². The molecule has 0 aliphatic rings. The average Bonchev–Trinajstić information content (AvgIpc) is 2.76.